The van der Waals surface area contributed by atoms with Gasteiger partial charge >= 0.3 is 5.00 Å². The van der Waals surface area contributed by atoms with Crippen molar-refractivity contribution in [3.05, 3.63) is 27.1 Å². The van der Waals surface area contributed by atoms with Gasteiger partial charge in [0.2, 0.25) is 0 Å². The Morgan fingerprint density at radius 2 is 2.35 bits per heavy atom. The molecular formula is C10H12N2O4S. The molecule has 2 rings (SSSR count). The van der Waals surface area contributed by atoms with Crippen molar-refractivity contribution in [1.29, 1.82) is 0 Å². The van der Waals surface area contributed by atoms with Gasteiger partial charge in [-0.2, -0.15) is 0 Å². The van der Waals surface area contributed by atoms with E-state index < -0.39 is 11.0 Å². The Morgan fingerprint density at radius 1 is 1.65 bits per heavy atom. The quantitative estimate of drug-likeness (QED) is 0.610. The summed E-state index contributed by atoms with van der Waals surface area (Å²) in [6.07, 6.45) is 1.50. The number of nitrogens with zero attached hydrogens (tertiary/aromatic N) is 1. The maximum absolute atomic E-state index is 11.6. The first kappa shape index (κ1) is 12.0. The zero-order valence-corrected chi connectivity index (χ0v) is 9.77. The Labute approximate surface area is 101 Å². The van der Waals surface area contributed by atoms with Crippen LogP contribution in [0.25, 0.3) is 0 Å². The molecule has 0 aromatic carbocycles. The van der Waals surface area contributed by atoms with E-state index in [9.17, 15) is 20.0 Å². The molecule has 1 aliphatic rings. The largest absolute Gasteiger partial charge is 0.391 e. The van der Waals surface area contributed by atoms with Gasteiger partial charge in [-0.25, -0.2) is 0 Å². The molecule has 1 aliphatic carbocycles. The average Bonchev–Trinajstić information content (AvgIpc) is 3.02. The molecule has 1 amide bonds. The van der Waals surface area contributed by atoms with E-state index in [1.807, 2.05) is 0 Å². The number of nitro groups is 1. The van der Waals surface area contributed by atoms with E-state index in [4.69, 9.17) is 0 Å². The van der Waals surface area contributed by atoms with Crippen LogP contribution in [0.4, 0.5) is 5.00 Å². The van der Waals surface area contributed by atoms with Crippen molar-refractivity contribution in [1.82, 2.24) is 5.32 Å². The Bertz CT molecular complexity index is 441. The van der Waals surface area contributed by atoms with Crippen molar-refractivity contribution >= 4 is 22.2 Å². The minimum atomic E-state index is -0.527. The van der Waals surface area contributed by atoms with Crippen LogP contribution in [0.1, 0.15) is 22.5 Å². The molecule has 0 spiro atoms. The van der Waals surface area contributed by atoms with Crippen LogP contribution in [0.3, 0.4) is 0 Å². The molecule has 1 fully saturated rings. The first-order valence-corrected chi connectivity index (χ1v) is 6.10. The minimum Gasteiger partial charge on any atom is -0.391 e. The van der Waals surface area contributed by atoms with Gasteiger partial charge in [-0.15, -0.1) is 0 Å². The van der Waals surface area contributed by atoms with Gasteiger partial charge in [-0.05, 0) is 24.8 Å². The fourth-order valence-corrected chi connectivity index (χ4v) is 2.22. The minimum absolute atomic E-state index is 0.0575. The predicted octanol–water partition coefficient (Wildman–Crippen LogP) is 1.16. The summed E-state index contributed by atoms with van der Waals surface area (Å²) in [5, 5.41) is 22.5. The number of aliphatic hydroxyl groups excluding tert-OH is 1. The molecule has 1 heterocycles. The van der Waals surface area contributed by atoms with Gasteiger partial charge < -0.3 is 10.4 Å². The molecule has 1 saturated carbocycles. The molecule has 0 aliphatic heterocycles. The number of amides is 1. The molecule has 2 N–H and O–H groups in total. The average molecular weight is 256 g/mol. The van der Waals surface area contributed by atoms with Gasteiger partial charge in [0.1, 0.15) is 0 Å². The lowest BCUT2D eigenvalue weighted by Crippen LogP contribution is -2.32. The molecule has 17 heavy (non-hydrogen) atoms. The Hall–Kier alpha value is -1.47. The third-order valence-corrected chi connectivity index (χ3v) is 3.67. The third kappa shape index (κ3) is 3.01. The van der Waals surface area contributed by atoms with Crippen LogP contribution in [0.5, 0.6) is 0 Å². The number of rotatable bonds is 5. The number of carbonyl (C=O) groups excluding carboxylic acids is 1. The molecule has 1 aromatic rings. The number of nitrogens with one attached hydrogen (secondary N) is 1. The third-order valence-electron chi connectivity index (χ3n) is 2.63. The van der Waals surface area contributed by atoms with Crippen molar-refractivity contribution < 1.29 is 14.8 Å². The highest BCUT2D eigenvalue weighted by atomic mass is 32.1. The molecule has 1 aromatic heterocycles. The first-order valence-electron chi connectivity index (χ1n) is 5.28. The Kier molecular flexibility index (Phi) is 3.39. The maximum atomic E-state index is 11.6. The number of carbonyl (C=O) groups is 1. The van der Waals surface area contributed by atoms with Crippen LogP contribution in [0.2, 0.25) is 0 Å². The van der Waals surface area contributed by atoms with Gasteiger partial charge in [-0.1, -0.05) is 11.3 Å². The standard InChI is InChI=1S/C10H12N2O4S/c13-7(6-1-2-6)5-11-10(14)8-3-4-9(17-8)12(15)16/h3-4,6-7,13H,1-2,5H2,(H,11,14). The summed E-state index contributed by atoms with van der Waals surface area (Å²) >= 11 is 0.832. The number of hydrogen-bond acceptors (Lipinski definition) is 5. The molecule has 6 nitrogen and oxygen atoms in total. The molecule has 92 valence electrons. The number of aliphatic hydroxyl groups is 1. The van der Waals surface area contributed by atoms with E-state index in [-0.39, 0.29) is 17.5 Å². The van der Waals surface area contributed by atoms with Crippen LogP contribution in [-0.4, -0.2) is 28.6 Å². The molecule has 1 atom stereocenters. The fourth-order valence-electron chi connectivity index (χ4n) is 1.48. The van der Waals surface area contributed by atoms with E-state index in [1.165, 1.54) is 12.1 Å². The highest BCUT2D eigenvalue weighted by molar-refractivity contribution is 7.17. The molecule has 0 saturated heterocycles. The predicted molar refractivity (Wildman–Crippen MR) is 62.0 cm³/mol. The SMILES string of the molecule is O=C(NCC(O)C1CC1)c1ccc([N+](=O)[O-])s1. The van der Waals surface area contributed by atoms with E-state index in [1.54, 1.807) is 0 Å². The molecular weight excluding hydrogens is 244 g/mol. The second kappa shape index (κ2) is 4.80. The van der Waals surface area contributed by atoms with Gasteiger partial charge in [-0.3, -0.25) is 14.9 Å². The van der Waals surface area contributed by atoms with Crippen LogP contribution in [0.15, 0.2) is 12.1 Å². The summed E-state index contributed by atoms with van der Waals surface area (Å²) < 4.78 is 0. The summed E-state index contributed by atoms with van der Waals surface area (Å²) in [4.78, 5) is 21.8. The smallest absolute Gasteiger partial charge is 0.324 e. The van der Waals surface area contributed by atoms with Crippen molar-refractivity contribution in [2.24, 2.45) is 5.92 Å². The maximum Gasteiger partial charge on any atom is 0.324 e. The van der Waals surface area contributed by atoms with Crippen molar-refractivity contribution in [3.8, 4) is 0 Å². The number of thiophene rings is 1. The van der Waals surface area contributed by atoms with Gasteiger partial charge in [0.05, 0.1) is 15.9 Å². The van der Waals surface area contributed by atoms with E-state index in [0.717, 1.165) is 24.2 Å². The summed E-state index contributed by atoms with van der Waals surface area (Å²) in [6.45, 7) is 0.204. The lowest BCUT2D eigenvalue weighted by atomic mass is 10.2. The molecule has 7 heteroatoms. The zero-order chi connectivity index (χ0) is 12.4. The molecule has 1 unspecified atom stereocenters. The van der Waals surface area contributed by atoms with Crippen molar-refractivity contribution in [2.75, 3.05) is 6.54 Å². The lowest BCUT2D eigenvalue weighted by Gasteiger charge is -2.09. The van der Waals surface area contributed by atoms with E-state index >= 15 is 0 Å². The molecule has 0 bridgehead atoms. The summed E-state index contributed by atoms with van der Waals surface area (Å²) in [6, 6.07) is 2.72. The summed E-state index contributed by atoms with van der Waals surface area (Å²) in [5.41, 5.74) is 0. The van der Waals surface area contributed by atoms with Gasteiger partial charge in [0.25, 0.3) is 5.91 Å². The van der Waals surface area contributed by atoms with Gasteiger partial charge in [0, 0.05) is 12.6 Å². The summed E-state index contributed by atoms with van der Waals surface area (Å²) in [5.74, 6) is -0.0734. The normalized spacial score (nSPS) is 16.5. The van der Waals surface area contributed by atoms with Crippen LogP contribution < -0.4 is 5.32 Å². The summed E-state index contributed by atoms with van der Waals surface area (Å²) in [7, 11) is 0. The van der Waals surface area contributed by atoms with Crippen LogP contribution in [-0.2, 0) is 0 Å². The monoisotopic (exact) mass is 256 g/mol. The second-order valence-electron chi connectivity index (χ2n) is 4.01. The van der Waals surface area contributed by atoms with Crippen molar-refractivity contribution in [2.45, 2.75) is 18.9 Å². The van der Waals surface area contributed by atoms with Crippen LogP contribution in [0, 0.1) is 16.0 Å². The van der Waals surface area contributed by atoms with Crippen molar-refractivity contribution in [3.63, 3.8) is 0 Å². The number of hydrogen-bond donors (Lipinski definition) is 2. The molecule has 0 radical (unpaired) electrons. The second-order valence-corrected chi connectivity index (χ2v) is 5.07. The van der Waals surface area contributed by atoms with Crippen LogP contribution >= 0.6 is 11.3 Å². The van der Waals surface area contributed by atoms with E-state index in [2.05, 4.69) is 5.32 Å². The first-order chi connectivity index (χ1) is 8.08. The lowest BCUT2D eigenvalue weighted by molar-refractivity contribution is -0.380. The topological polar surface area (TPSA) is 92.5 Å². The highest BCUT2D eigenvalue weighted by Gasteiger charge is 2.29. The highest BCUT2D eigenvalue weighted by Crippen LogP contribution is 2.32. The van der Waals surface area contributed by atoms with Gasteiger partial charge in [0.15, 0.2) is 0 Å². The Balaban J connectivity index is 1.87. The zero-order valence-electron chi connectivity index (χ0n) is 8.96. The van der Waals surface area contributed by atoms with E-state index in [0.29, 0.717) is 10.8 Å². The fraction of sp³-hybridized carbons (Fsp3) is 0.500. The Morgan fingerprint density at radius 3 is 2.88 bits per heavy atom.